The van der Waals surface area contributed by atoms with E-state index in [1.165, 1.54) is 16.2 Å². The summed E-state index contributed by atoms with van der Waals surface area (Å²) in [7, 11) is 0. The zero-order valence-corrected chi connectivity index (χ0v) is 35.7. The van der Waals surface area contributed by atoms with E-state index in [1.54, 1.807) is 0 Å². The maximum absolute atomic E-state index is 7.19. The molecule has 0 spiro atoms. The minimum atomic E-state index is -0.152. The number of nitrogens with zero attached hydrogens (tertiary/aromatic N) is 3. The molecule has 5 nitrogen and oxygen atoms in total. The lowest BCUT2D eigenvalue weighted by atomic mass is 9.34. The molecule has 2 aromatic heterocycles. The van der Waals surface area contributed by atoms with Gasteiger partial charge >= 0.3 is 0 Å². The summed E-state index contributed by atoms with van der Waals surface area (Å²) in [5, 5.41) is 4.72. The van der Waals surface area contributed by atoms with E-state index in [0.717, 1.165) is 106 Å². The smallest absolute Gasteiger partial charge is 0.260 e. The number of ether oxygens (including phenoxy) is 2. The Morgan fingerprint density at radius 2 is 0.773 bits per heavy atom. The van der Waals surface area contributed by atoms with Crippen molar-refractivity contribution in [3.63, 3.8) is 0 Å². The first kappa shape index (κ1) is 36.7. The number of benzene rings is 10. The Morgan fingerprint density at radius 1 is 0.318 bits per heavy atom. The molecule has 14 rings (SSSR count). The Balaban J connectivity index is 1.04. The molecule has 12 aromatic rings. The molecule has 0 amide bonds. The van der Waals surface area contributed by atoms with Gasteiger partial charge in [0.1, 0.15) is 23.0 Å². The third-order valence-electron chi connectivity index (χ3n) is 13.6. The molecule has 10 aromatic carbocycles. The van der Waals surface area contributed by atoms with Gasteiger partial charge in [-0.05, 0) is 101 Å². The predicted octanol–water partition coefficient (Wildman–Crippen LogP) is 13.7. The van der Waals surface area contributed by atoms with Crippen molar-refractivity contribution in [3.8, 4) is 45.5 Å². The highest BCUT2D eigenvalue weighted by Crippen LogP contribution is 2.44. The summed E-state index contributed by atoms with van der Waals surface area (Å²) in [5.74, 6) is 3.31. The monoisotopic (exact) mass is 843 g/mol. The van der Waals surface area contributed by atoms with Gasteiger partial charge in [-0.3, -0.25) is 0 Å². The summed E-state index contributed by atoms with van der Waals surface area (Å²) in [6.45, 7) is -0.152. The van der Waals surface area contributed by atoms with E-state index in [9.17, 15) is 0 Å². The van der Waals surface area contributed by atoms with Gasteiger partial charge < -0.3 is 23.5 Å². The zero-order chi connectivity index (χ0) is 43.3. The first-order valence-corrected chi connectivity index (χ1v) is 22.5. The standard InChI is InChI=1S/C60H38BN3O2/c1-6-18-39(19-7-1)40-32-58-60-59(33-40)66-57-38-55-49(36-51(57)61(60)50-35-48-46-28-16-17-29-52(46)63(43-24-12-4-13-25-43)54(48)37-56(50)65-58)47-31-30-45(34-53(47)64(55)44-26-14-5-15-27-44)62(41-20-8-2-9-21-41)42-22-10-3-11-23-42/h1-38H. The Kier molecular flexibility index (Phi) is 8.01. The topological polar surface area (TPSA) is 31.6 Å². The second kappa shape index (κ2) is 14.4. The second-order valence-corrected chi connectivity index (χ2v) is 17.3. The van der Waals surface area contributed by atoms with Gasteiger partial charge in [0.05, 0.1) is 22.1 Å². The largest absolute Gasteiger partial charge is 0.458 e. The average molecular weight is 844 g/mol. The highest BCUT2D eigenvalue weighted by atomic mass is 16.5. The van der Waals surface area contributed by atoms with E-state index in [-0.39, 0.29) is 6.71 Å². The van der Waals surface area contributed by atoms with Crippen LogP contribution in [0.4, 0.5) is 17.1 Å². The molecule has 0 saturated carbocycles. The van der Waals surface area contributed by atoms with Gasteiger partial charge in [0.15, 0.2) is 0 Å². The molecular formula is C60H38BN3O2. The number of para-hydroxylation sites is 5. The highest BCUT2D eigenvalue weighted by molar-refractivity contribution is 6.98. The molecule has 0 unspecified atom stereocenters. The normalized spacial score (nSPS) is 12.5. The van der Waals surface area contributed by atoms with Crippen LogP contribution in [0.2, 0.25) is 0 Å². The van der Waals surface area contributed by atoms with Crippen LogP contribution >= 0.6 is 0 Å². The van der Waals surface area contributed by atoms with Gasteiger partial charge in [0, 0.05) is 67.6 Å². The van der Waals surface area contributed by atoms with Crippen LogP contribution in [-0.2, 0) is 0 Å². The minimum Gasteiger partial charge on any atom is -0.458 e. The van der Waals surface area contributed by atoms with Crippen LogP contribution in [-0.4, -0.2) is 15.8 Å². The number of anilines is 3. The van der Waals surface area contributed by atoms with Crippen molar-refractivity contribution in [2.45, 2.75) is 0 Å². The van der Waals surface area contributed by atoms with Crippen LogP contribution < -0.4 is 30.8 Å². The van der Waals surface area contributed by atoms with Crippen molar-refractivity contribution < 1.29 is 9.47 Å². The summed E-state index contributed by atoms with van der Waals surface area (Å²) >= 11 is 0. The van der Waals surface area contributed by atoms with Crippen molar-refractivity contribution in [3.05, 3.63) is 231 Å². The number of fused-ring (bicyclic) bond motifs is 10. The number of aromatic nitrogens is 2. The maximum atomic E-state index is 7.19. The summed E-state index contributed by atoms with van der Waals surface area (Å²) in [6.07, 6.45) is 0. The zero-order valence-electron chi connectivity index (χ0n) is 35.7. The van der Waals surface area contributed by atoms with Crippen molar-refractivity contribution in [2.24, 2.45) is 0 Å². The van der Waals surface area contributed by atoms with Crippen LogP contribution in [0.1, 0.15) is 0 Å². The molecule has 0 fully saturated rings. The summed E-state index contributed by atoms with van der Waals surface area (Å²) < 4.78 is 19.1. The summed E-state index contributed by atoms with van der Waals surface area (Å²) in [6, 6.07) is 82.4. The van der Waals surface area contributed by atoms with Crippen LogP contribution in [0.5, 0.6) is 23.0 Å². The molecule has 0 aliphatic carbocycles. The lowest BCUT2D eigenvalue weighted by molar-refractivity contribution is 0.465. The van der Waals surface area contributed by atoms with Crippen molar-refractivity contribution in [1.82, 2.24) is 9.13 Å². The first-order valence-electron chi connectivity index (χ1n) is 22.5. The molecule has 2 aliphatic heterocycles. The molecule has 2 aliphatic rings. The second-order valence-electron chi connectivity index (χ2n) is 17.3. The van der Waals surface area contributed by atoms with E-state index in [2.05, 4.69) is 245 Å². The average Bonchev–Trinajstić information content (AvgIpc) is 3.87. The predicted molar refractivity (Wildman–Crippen MR) is 273 cm³/mol. The van der Waals surface area contributed by atoms with Crippen LogP contribution in [0, 0.1) is 0 Å². The molecule has 0 bridgehead atoms. The van der Waals surface area contributed by atoms with Crippen molar-refractivity contribution >= 4 is 83.8 Å². The Hall–Kier alpha value is -8.74. The Labute approximate surface area is 381 Å². The third-order valence-corrected chi connectivity index (χ3v) is 13.6. The lowest BCUT2D eigenvalue weighted by Gasteiger charge is -2.33. The maximum Gasteiger partial charge on any atom is 0.260 e. The SMILES string of the molecule is c1ccc(-c2cc3c4c(c2)Oc2cc5c(cc2B4c2cc4c6ccccc6n(-c6ccccc6)c4cc2O3)c2ccc(N(c3ccccc3)c3ccccc3)cc2n5-c2ccccc2)cc1. The van der Waals surface area contributed by atoms with Gasteiger partial charge in [0.25, 0.3) is 6.71 Å². The molecule has 308 valence electrons. The summed E-state index contributed by atoms with van der Waals surface area (Å²) in [5.41, 5.74) is 15.3. The van der Waals surface area contributed by atoms with E-state index >= 15 is 0 Å². The van der Waals surface area contributed by atoms with Crippen molar-refractivity contribution in [1.29, 1.82) is 0 Å². The fraction of sp³-hybridized carbons (Fsp3) is 0. The lowest BCUT2D eigenvalue weighted by Crippen LogP contribution is -2.57. The Bertz CT molecular complexity index is 3830. The van der Waals surface area contributed by atoms with Gasteiger partial charge in [-0.15, -0.1) is 0 Å². The quantitative estimate of drug-likeness (QED) is 0.156. The molecule has 0 N–H and O–H groups in total. The molecule has 4 heterocycles. The Morgan fingerprint density at radius 3 is 1.33 bits per heavy atom. The highest BCUT2D eigenvalue weighted by Gasteiger charge is 2.42. The third kappa shape index (κ3) is 5.55. The van der Waals surface area contributed by atoms with Crippen LogP contribution in [0.25, 0.3) is 66.1 Å². The molecule has 66 heavy (non-hydrogen) atoms. The number of rotatable bonds is 6. The van der Waals surface area contributed by atoms with Crippen molar-refractivity contribution in [2.75, 3.05) is 4.90 Å². The first-order chi connectivity index (χ1) is 32.7. The summed E-state index contributed by atoms with van der Waals surface area (Å²) in [4.78, 5) is 2.33. The van der Waals surface area contributed by atoms with Gasteiger partial charge in [-0.1, -0.05) is 140 Å². The van der Waals surface area contributed by atoms with E-state index in [4.69, 9.17) is 9.47 Å². The number of hydrogen-bond acceptors (Lipinski definition) is 3. The molecule has 0 saturated heterocycles. The van der Waals surface area contributed by atoms with Gasteiger partial charge in [-0.2, -0.15) is 0 Å². The molecular weight excluding hydrogens is 805 g/mol. The minimum absolute atomic E-state index is 0.152. The van der Waals surface area contributed by atoms with Gasteiger partial charge in [-0.25, -0.2) is 0 Å². The van der Waals surface area contributed by atoms with Crippen LogP contribution in [0.15, 0.2) is 231 Å². The molecule has 0 radical (unpaired) electrons. The van der Waals surface area contributed by atoms with E-state index < -0.39 is 0 Å². The van der Waals surface area contributed by atoms with Gasteiger partial charge in [0.2, 0.25) is 0 Å². The van der Waals surface area contributed by atoms with E-state index in [1.807, 2.05) is 0 Å². The van der Waals surface area contributed by atoms with E-state index in [0.29, 0.717) is 0 Å². The fourth-order valence-corrected chi connectivity index (χ4v) is 10.7. The molecule has 0 atom stereocenters. The number of hydrogen-bond donors (Lipinski definition) is 0. The fourth-order valence-electron chi connectivity index (χ4n) is 10.7. The molecule has 6 heteroatoms. The van der Waals surface area contributed by atoms with Crippen LogP contribution in [0.3, 0.4) is 0 Å².